The number of aliphatic hydroxyl groups excluding tert-OH is 1. The minimum absolute atomic E-state index is 0.124. The highest BCUT2D eigenvalue weighted by atomic mass is 16.3. The molecule has 0 aliphatic rings. The highest BCUT2D eigenvalue weighted by Gasteiger charge is 2.14. The van der Waals surface area contributed by atoms with Gasteiger partial charge in [0.1, 0.15) is 12.4 Å². The van der Waals surface area contributed by atoms with Crippen molar-refractivity contribution in [1.29, 1.82) is 0 Å². The molecule has 1 aromatic heterocycles. The summed E-state index contributed by atoms with van der Waals surface area (Å²) in [5.74, 6) is -0.254. The third kappa shape index (κ3) is 4.10. The van der Waals surface area contributed by atoms with Crippen LogP contribution in [-0.4, -0.2) is 31.7 Å². The number of aryl methyl sites for hydroxylation is 1. The van der Waals surface area contributed by atoms with Gasteiger partial charge in [-0.25, -0.2) is 4.79 Å². The summed E-state index contributed by atoms with van der Waals surface area (Å²) in [6.45, 7) is -0.223. The van der Waals surface area contributed by atoms with Gasteiger partial charge in [-0.15, -0.1) is 0 Å². The summed E-state index contributed by atoms with van der Waals surface area (Å²) in [5.41, 5.74) is 1.53. The molecule has 4 rings (SSSR count). The van der Waals surface area contributed by atoms with E-state index in [1.807, 2.05) is 0 Å². The molecule has 1 heterocycles. The maximum Gasteiger partial charge on any atom is 0.331 e. The zero-order chi connectivity index (χ0) is 22.7. The van der Waals surface area contributed by atoms with E-state index in [2.05, 4.69) is 0 Å². The van der Waals surface area contributed by atoms with E-state index in [1.165, 1.54) is 9.13 Å². The highest BCUT2D eigenvalue weighted by Crippen LogP contribution is 2.17. The van der Waals surface area contributed by atoms with Crippen LogP contribution in [0.25, 0.3) is 10.9 Å². The molecule has 3 aromatic carbocycles. The fourth-order valence-electron chi connectivity index (χ4n) is 3.75. The van der Waals surface area contributed by atoms with Gasteiger partial charge in [-0.1, -0.05) is 54.6 Å². The van der Waals surface area contributed by atoms with Crippen LogP contribution in [0, 0.1) is 0 Å². The topological polar surface area (TPSA) is 102 Å². The van der Waals surface area contributed by atoms with E-state index >= 15 is 0 Å². The maximum absolute atomic E-state index is 13.3. The SMILES string of the molecule is O=C(CO)c1ccc(Cn2c(=O)n(CCc3ccccc3O)c(=O)c3ccccc32)cc1. The monoisotopic (exact) mass is 430 g/mol. The number of aromatic nitrogens is 2. The molecule has 0 radical (unpaired) electrons. The predicted octanol–water partition coefficient (Wildman–Crippen LogP) is 2.33. The molecule has 7 heteroatoms. The van der Waals surface area contributed by atoms with E-state index in [0.717, 1.165) is 5.56 Å². The molecule has 7 nitrogen and oxygen atoms in total. The zero-order valence-corrected chi connectivity index (χ0v) is 17.3. The number of nitrogens with zero attached hydrogens (tertiary/aromatic N) is 2. The first-order chi connectivity index (χ1) is 15.5. The van der Waals surface area contributed by atoms with Crippen molar-refractivity contribution < 1.29 is 15.0 Å². The van der Waals surface area contributed by atoms with Crippen molar-refractivity contribution >= 4 is 16.7 Å². The Hall–Kier alpha value is -3.97. The summed E-state index contributed by atoms with van der Waals surface area (Å²) in [6.07, 6.45) is 0.331. The number of benzene rings is 3. The summed E-state index contributed by atoms with van der Waals surface area (Å²) in [6, 6.07) is 20.4. The first-order valence-corrected chi connectivity index (χ1v) is 10.2. The van der Waals surface area contributed by atoms with Gasteiger partial charge in [-0.3, -0.25) is 18.7 Å². The van der Waals surface area contributed by atoms with Gasteiger partial charge in [0, 0.05) is 12.1 Å². The number of hydrogen-bond donors (Lipinski definition) is 2. The van der Waals surface area contributed by atoms with E-state index in [1.54, 1.807) is 72.8 Å². The Morgan fingerprint density at radius 3 is 2.25 bits per heavy atom. The Labute approximate surface area is 183 Å². The Morgan fingerprint density at radius 2 is 1.53 bits per heavy atom. The summed E-state index contributed by atoms with van der Waals surface area (Å²) in [4.78, 5) is 38.0. The molecular weight excluding hydrogens is 408 g/mol. The van der Waals surface area contributed by atoms with E-state index in [0.29, 0.717) is 28.5 Å². The minimum atomic E-state index is -0.564. The lowest BCUT2D eigenvalue weighted by molar-refractivity contribution is 0.0903. The van der Waals surface area contributed by atoms with Crippen molar-refractivity contribution in [2.45, 2.75) is 19.5 Å². The van der Waals surface area contributed by atoms with Crippen LogP contribution in [0.2, 0.25) is 0 Å². The molecular formula is C25H22N2O5. The molecule has 0 unspecified atom stereocenters. The lowest BCUT2D eigenvalue weighted by Crippen LogP contribution is -2.40. The second kappa shape index (κ2) is 9.03. The van der Waals surface area contributed by atoms with E-state index < -0.39 is 12.3 Å². The van der Waals surface area contributed by atoms with Gasteiger partial charge in [0.25, 0.3) is 5.56 Å². The van der Waals surface area contributed by atoms with Gasteiger partial charge < -0.3 is 10.2 Å². The van der Waals surface area contributed by atoms with Crippen molar-refractivity contribution in [3.8, 4) is 5.75 Å². The van der Waals surface area contributed by atoms with Crippen molar-refractivity contribution in [2.75, 3.05) is 6.61 Å². The average Bonchev–Trinajstić information content (AvgIpc) is 2.82. The number of hydrogen-bond acceptors (Lipinski definition) is 5. The Kier molecular flexibility index (Phi) is 6.00. The number of carbonyl (C=O) groups is 1. The molecule has 0 saturated heterocycles. The predicted molar refractivity (Wildman–Crippen MR) is 121 cm³/mol. The number of phenolic OH excluding ortho intramolecular Hbond substituents is 1. The van der Waals surface area contributed by atoms with Crippen LogP contribution in [0.5, 0.6) is 5.75 Å². The van der Waals surface area contributed by atoms with Gasteiger partial charge >= 0.3 is 5.69 Å². The first-order valence-electron chi connectivity index (χ1n) is 10.2. The van der Waals surface area contributed by atoms with Crippen LogP contribution in [0.1, 0.15) is 21.5 Å². The number of fused-ring (bicyclic) bond motifs is 1. The van der Waals surface area contributed by atoms with Crippen molar-refractivity contribution in [3.05, 3.63) is 110 Å². The first kappa shape index (κ1) is 21.3. The quantitative estimate of drug-likeness (QED) is 0.438. The number of para-hydroxylation sites is 2. The van der Waals surface area contributed by atoms with Crippen LogP contribution in [-0.2, 0) is 19.5 Å². The molecule has 0 amide bonds. The largest absolute Gasteiger partial charge is 0.508 e. The number of carbonyl (C=O) groups excluding carboxylic acids is 1. The van der Waals surface area contributed by atoms with Crippen molar-refractivity contribution in [3.63, 3.8) is 0 Å². The summed E-state index contributed by atoms with van der Waals surface area (Å²) in [7, 11) is 0. The lowest BCUT2D eigenvalue weighted by Gasteiger charge is -2.15. The minimum Gasteiger partial charge on any atom is -0.508 e. The molecule has 0 bridgehead atoms. The molecule has 0 atom stereocenters. The molecule has 4 aromatic rings. The number of aromatic hydroxyl groups is 1. The third-order valence-electron chi connectivity index (χ3n) is 5.49. The van der Waals surface area contributed by atoms with Crippen molar-refractivity contribution in [1.82, 2.24) is 9.13 Å². The van der Waals surface area contributed by atoms with Gasteiger partial charge in [0.15, 0.2) is 5.78 Å². The molecule has 0 fully saturated rings. The van der Waals surface area contributed by atoms with Crippen LogP contribution >= 0.6 is 0 Å². The van der Waals surface area contributed by atoms with Crippen LogP contribution in [0.15, 0.2) is 82.4 Å². The third-order valence-corrected chi connectivity index (χ3v) is 5.49. The lowest BCUT2D eigenvalue weighted by atomic mass is 10.1. The molecule has 32 heavy (non-hydrogen) atoms. The fraction of sp³-hybridized carbons (Fsp3) is 0.160. The number of rotatable bonds is 7. The molecule has 0 spiro atoms. The fourth-order valence-corrected chi connectivity index (χ4v) is 3.75. The Morgan fingerprint density at radius 1 is 0.844 bits per heavy atom. The maximum atomic E-state index is 13.3. The number of Topliss-reactive ketones (excluding diaryl/α,β-unsaturated/α-hetero) is 1. The van der Waals surface area contributed by atoms with Crippen LogP contribution in [0.4, 0.5) is 0 Å². The van der Waals surface area contributed by atoms with Gasteiger partial charge in [-0.05, 0) is 35.7 Å². The van der Waals surface area contributed by atoms with Crippen LogP contribution < -0.4 is 11.2 Å². The van der Waals surface area contributed by atoms with Gasteiger partial charge in [-0.2, -0.15) is 0 Å². The van der Waals surface area contributed by atoms with E-state index in [-0.39, 0.29) is 30.2 Å². The normalized spacial score (nSPS) is 11.0. The molecule has 2 N–H and O–H groups in total. The standard InChI is InChI=1S/C25H22N2O5/c28-16-23(30)19-11-9-17(10-12-19)15-27-21-7-3-2-6-20(21)24(31)26(25(27)32)14-13-18-5-1-4-8-22(18)29/h1-12,28-29H,13-16H2. The summed E-state index contributed by atoms with van der Waals surface area (Å²) < 4.78 is 2.73. The Bertz CT molecular complexity index is 1400. The van der Waals surface area contributed by atoms with Gasteiger partial charge in [0.2, 0.25) is 0 Å². The summed E-state index contributed by atoms with van der Waals surface area (Å²) >= 11 is 0. The van der Waals surface area contributed by atoms with Crippen LogP contribution in [0.3, 0.4) is 0 Å². The van der Waals surface area contributed by atoms with E-state index in [9.17, 15) is 19.5 Å². The van der Waals surface area contributed by atoms with Gasteiger partial charge in [0.05, 0.1) is 17.4 Å². The Balaban J connectivity index is 1.75. The zero-order valence-electron chi connectivity index (χ0n) is 17.3. The van der Waals surface area contributed by atoms with Crippen molar-refractivity contribution in [2.24, 2.45) is 0 Å². The molecule has 0 aliphatic carbocycles. The summed E-state index contributed by atoms with van der Waals surface area (Å²) in [5, 5.41) is 19.5. The van der Waals surface area contributed by atoms with E-state index in [4.69, 9.17) is 5.11 Å². The molecule has 0 saturated carbocycles. The second-order valence-corrected chi connectivity index (χ2v) is 7.50. The number of phenols is 1. The number of ketones is 1. The molecule has 0 aliphatic heterocycles. The average molecular weight is 430 g/mol. The molecule has 162 valence electrons. The second-order valence-electron chi connectivity index (χ2n) is 7.50. The smallest absolute Gasteiger partial charge is 0.331 e. The highest BCUT2D eigenvalue weighted by molar-refractivity contribution is 5.96. The number of aliphatic hydroxyl groups is 1.